The van der Waals surface area contributed by atoms with Gasteiger partial charge in [-0.25, -0.2) is 0 Å². The van der Waals surface area contributed by atoms with Crippen LogP contribution in [0, 0.1) is 0 Å². The Bertz CT molecular complexity index is 1100. The number of carbonyl (C=O) groups is 2. The second-order valence-corrected chi connectivity index (χ2v) is 6.18. The molecule has 0 saturated heterocycles. The molecule has 2 N–H and O–H groups in total. The number of carbonyl (C=O) groups excluding carboxylic acids is 2. The fraction of sp³-hybridized carbons (Fsp3) is 0.0952. The Hall–Kier alpha value is -3.68. The van der Waals surface area contributed by atoms with Gasteiger partial charge in [-0.15, -0.1) is 0 Å². The molecule has 148 valence electrons. The average Bonchev–Trinajstić information content (AvgIpc) is 2.66. The van der Waals surface area contributed by atoms with Crippen LogP contribution in [0.25, 0.3) is 17.0 Å². The number of benzene rings is 2. The summed E-state index contributed by atoms with van der Waals surface area (Å²) in [6.07, 6.45) is -0.457. The van der Waals surface area contributed by atoms with Crippen LogP contribution >= 0.6 is 0 Å². The van der Waals surface area contributed by atoms with Gasteiger partial charge in [0.1, 0.15) is 0 Å². The van der Waals surface area contributed by atoms with E-state index >= 15 is 0 Å². The standard InChI is InChI=1S/C21H16F3N3O2/c1-13(28)26-16-8-9-18(17(12-16)21(22,23)24)27-19(29)10-7-15-5-2-4-14-6-3-11-25-20(14)15/h2-12H,1H3,(H,26,28)(H,27,29)/b10-7+. The summed E-state index contributed by atoms with van der Waals surface area (Å²) in [4.78, 5) is 27.5. The van der Waals surface area contributed by atoms with Gasteiger partial charge in [-0.3, -0.25) is 14.6 Å². The van der Waals surface area contributed by atoms with Crippen molar-refractivity contribution in [2.75, 3.05) is 10.6 Å². The second-order valence-electron chi connectivity index (χ2n) is 6.18. The predicted octanol–water partition coefficient (Wildman–Crippen LogP) is 4.86. The van der Waals surface area contributed by atoms with Crippen molar-refractivity contribution in [1.29, 1.82) is 0 Å². The highest BCUT2D eigenvalue weighted by Crippen LogP contribution is 2.36. The van der Waals surface area contributed by atoms with E-state index < -0.39 is 29.2 Å². The lowest BCUT2D eigenvalue weighted by molar-refractivity contribution is -0.137. The van der Waals surface area contributed by atoms with Crippen LogP contribution < -0.4 is 10.6 Å². The Morgan fingerprint density at radius 2 is 1.79 bits per heavy atom. The fourth-order valence-corrected chi connectivity index (χ4v) is 2.77. The Labute approximate surface area is 164 Å². The highest BCUT2D eigenvalue weighted by atomic mass is 19.4. The molecule has 3 rings (SSSR count). The highest BCUT2D eigenvalue weighted by Gasteiger charge is 2.34. The number of hydrogen-bond acceptors (Lipinski definition) is 3. The largest absolute Gasteiger partial charge is 0.418 e. The Morgan fingerprint density at radius 3 is 2.52 bits per heavy atom. The number of para-hydroxylation sites is 1. The number of pyridine rings is 1. The van der Waals surface area contributed by atoms with Crippen molar-refractivity contribution < 1.29 is 22.8 Å². The number of aromatic nitrogens is 1. The van der Waals surface area contributed by atoms with Gasteiger partial charge in [0.15, 0.2) is 0 Å². The van der Waals surface area contributed by atoms with Crippen LogP contribution in [-0.4, -0.2) is 16.8 Å². The number of halogens is 3. The average molecular weight is 399 g/mol. The number of nitrogens with one attached hydrogen (secondary N) is 2. The molecule has 0 radical (unpaired) electrons. The number of fused-ring (bicyclic) bond motifs is 1. The smallest absolute Gasteiger partial charge is 0.326 e. The SMILES string of the molecule is CC(=O)Nc1ccc(NC(=O)/C=C/c2cccc3cccnc23)c(C(F)(F)F)c1. The molecular weight excluding hydrogens is 383 g/mol. The summed E-state index contributed by atoms with van der Waals surface area (Å²) in [6.45, 7) is 1.19. The first-order valence-corrected chi connectivity index (χ1v) is 8.56. The molecule has 0 spiro atoms. The monoisotopic (exact) mass is 399 g/mol. The molecule has 2 aromatic carbocycles. The van der Waals surface area contributed by atoms with Gasteiger partial charge in [-0.2, -0.15) is 13.2 Å². The molecule has 0 atom stereocenters. The zero-order chi connectivity index (χ0) is 21.0. The normalized spacial score (nSPS) is 11.6. The maximum atomic E-state index is 13.4. The van der Waals surface area contributed by atoms with Crippen LogP contribution in [0.15, 0.2) is 60.8 Å². The van der Waals surface area contributed by atoms with Crippen molar-refractivity contribution in [2.24, 2.45) is 0 Å². The molecule has 0 aliphatic carbocycles. The predicted molar refractivity (Wildman–Crippen MR) is 105 cm³/mol. The van der Waals surface area contributed by atoms with Crippen molar-refractivity contribution in [3.05, 3.63) is 71.9 Å². The number of amides is 2. The van der Waals surface area contributed by atoms with Crippen molar-refractivity contribution in [2.45, 2.75) is 13.1 Å². The number of alkyl halides is 3. The zero-order valence-corrected chi connectivity index (χ0v) is 15.2. The van der Waals surface area contributed by atoms with E-state index in [2.05, 4.69) is 15.6 Å². The zero-order valence-electron chi connectivity index (χ0n) is 15.2. The van der Waals surface area contributed by atoms with E-state index in [1.54, 1.807) is 24.4 Å². The number of rotatable bonds is 4. The first kappa shape index (κ1) is 20.1. The van der Waals surface area contributed by atoms with Crippen molar-refractivity contribution in [3.63, 3.8) is 0 Å². The van der Waals surface area contributed by atoms with Gasteiger partial charge in [0.05, 0.1) is 16.8 Å². The van der Waals surface area contributed by atoms with E-state index in [1.165, 1.54) is 19.1 Å². The lowest BCUT2D eigenvalue weighted by atomic mass is 10.1. The van der Waals surface area contributed by atoms with Gasteiger partial charge in [0.2, 0.25) is 11.8 Å². The maximum Gasteiger partial charge on any atom is 0.418 e. The number of hydrogen-bond donors (Lipinski definition) is 2. The lowest BCUT2D eigenvalue weighted by Crippen LogP contribution is -2.16. The summed E-state index contributed by atoms with van der Waals surface area (Å²) < 4.78 is 40.1. The summed E-state index contributed by atoms with van der Waals surface area (Å²) in [5.41, 5.74) is -0.139. The van der Waals surface area contributed by atoms with E-state index in [0.29, 0.717) is 11.1 Å². The Balaban J connectivity index is 1.84. The van der Waals surface area contributed by atoms with Gasteiger partial charge in [0, 0.05) is 35.8 Å². The molecule has 1 aromatic heterocycles. The minimum Gasteiger partial charge on any atom is -0.326 e. The van der Waals surface area contributed by atoms with Gasteiger partial charge < -0.3 is 10.6 Å². The molecule has 1 heterocycles. The molecule has 5 nitrogen and oxygen atoms in total. The first-order chi connectivity index (χ1) is 13.7. The molecule has 0 saturated carbocycles. The van der Waals surface area contributed by atoms with Gasteiger partial charge in [-0.05, 0) is 30.3 Å². The lowest BCUT2D eigenvalue weighted by Gasteiger charge is -2.15. The van der Waals surface area contributed by atoms with E-state index in [-0.39, 0.29) is 5.69 Å². The number of anilines is 2. The maximum absolute atomic E-state index is 13.4. The highest BCUT2D eigenvalue weighted by molar-refractivity contribution is 6.04. The fourth-order valence-electron chi connectivity index (χ4n) is 2.77. The Morgan fingerprint density at radius 1 is 1.03 bits per heavy atom. The molecule has 2 amide bonds. The van der Waals surface area contributed by atoms with E-state index in [4.69, 9.17) is 0 Å². The molecule has 0 aliphatic rings. The second kappa shape index (κ2) is 8.14. The molecule has 0 fully saturated rings. The third-order valence-electron chi connectivity index (χ3n) is 3.98. The van der Waals surface area contributed by atoms with E-state index in [9.17, 15) is 22.8 Å². The van der Waals surface area contributed by atoms with Crippen molar-refractivity contribution in [3.8, 4) is 0 Å². The van der Waals surface area contributed by atoms with Crippen LogP contribution in [0.2, 0.25) is 0 Å². The van der Waals surface area contributed by atoms with Crippen molar-refractivity contribution >= 4 is 40.2 Å². The topological polar surface area (TPSA) is 71.1 Å². The van der Waals surface area contributed by atoms with Gasteiger partial charge in [0.25, 0.3) is 0 Å². The van der Waals surface area contributed by atoms with Crippen LogP contribution in [-0.2, 0) is 15.8 Å². The van der Waals surface area contributed by atoms with Gasteiger partial charge >= 0.3 is 6.18 Å². The van der Waals surface area contributed by atoms with Crippen LogP contribution in [0.4, 0.5) is 24.5 Å². The molecular formula is C21H16F3N3O2. The first-order valence-electron chi connectivity index (χ1n) is 8.56. The minimum absolute atomic E-state index is 0.0137. The van der Waals surface area contributed by atoms with Gasteiger partial charge in [-0.1, -0.05) is 24.3 Å². The van der Waals surface area contributed by atoms with Crippen LogP contribution in [0.3, 0.4) is 0 Å². The summed E-state index contributed by atoms with van der Waals surface area (Å²) in [7, 11) is 0. The van der Waals surface area contributed by atoms with E-state index in [1.807, 2.05) is 12.1 Å². The van der Waals surface area contributed by atoms with Crippen molar-refractivity contribution in [1.82, 2.24) is 4.98 Å². The summed E-state index contributed by atoms with van der Waals surface area (Å²) in [5.74, 6) is -1.22. The van der Waals surface area contributed by atoms with Crippen LogP contribution in [0.1, 0.15) is 18.1 Å². The minimum atomic E-state index is -4.71. The summed E-state index contributed by atoms with van der Waals surface area (Å²) in [6, 6.07) is 12.2. The molecule has 0 bridgehead atoms. The molecule has 3 aromatic rings. The molecule has 29 heavy (non-hydrogen) atoms. The third-order valence-corrected chi connectivity index (χ3v) is 3.98. The summed E-state index contributed by atoms with van der Waals surface area (Å²) in [5, 5.41) is 5.40. The van der Waals surface area contributed by atoms with E-state index in [0.717, 1.165) is 23.6 Å². The Kier molecular flexibility index (Phi) is 5.63. The molecule has 0 aliphatic heterocycles. The quantitative estimate of drug-likeness (QED) is 0.616. The third kappa shape index (κ3) is 4.98. The van der Waals surface area contributed by atoms with Crippen LogP contribution in [0.5, 0.6) is 0 Å². The molecule has 8 heteroatoms. The molecule has 0 unspecified atom stereocenters. The number of nitrogens with zero attached hydrogens (tertiary/aromatic N) is 1. The summed E-state index contributed by atoms with van der Waals surface area (Å²) >= 11 is 0.